The first-order valence-electron chi connectivity index (χ1n) is 13.3. The fourth-order valence-corrected chi connectivity index (χ4v) is 7.78. The van der Waals surface area contributed by atoms with Gasteiger partial charge >= 0.3 is 0 Å². The van der Waals surface area contributed by atoms with Gasteiger partial charge in [0.05, 0.1) is 27.6 Å². The highest BCUT2D eigenvalue weighted by Gasteiger charge is 2.54. The number of nitrogens with one attached hydrogen (secondary N) is 1. The van der Waals surface area contributed by atoms with Gasteiger partial charge in [-0.2, -0.15) is 0 Å². The Bertz CT molecular complexity index is 1850. The fraction of sp³-hybridized carbons (Fsp3) is 0.323. The lowest BCUT2D eigenvalue weighted by Crippen LogP contribution is -2.60. The number of rotatable bonds is 4. The minimum Gasteiger partial charge on any atom is -0.375 e. The third-order valence-corrected chi connectivity index (χ3v) is 9.18. The lowest BCUT2D eigenvalue weighted by molar-refractivity contribution is -0.266. The molecule has 7 heteroatoms. The van der Waals surface area contributed by atoms with Crippen LogP contribution in [0, 0.1) is 0 Å². The summed E-state index contributed by atoms with van der Waals surface area (Å²) in [5.41, 5.74) is 5.45. The zero-order valence-corrected chi connectivity index (χ0v) is 21.8. The number of para-hydroxylation sites is 2. The Balaban J connectivity index is 1.64. The third kappa shape index (κ3) is 2.47. The average Bonchev–Trinajstić information content (AvgIpc) is 3.56. The summed E-state index contributed by atoms with van der Waals surface area (Å²) in [6.45, 7) is 7.44. The van der Waals surface area contributed by atoms with Crippen molar-refractivity contribution < 1.29 is 14.3 Å². The summed E-state index contributed by atoms with van der Waals surface area (Å²) in [5.74, 6) is -0.000607. The molecule has 2 bridgehead atoms. The Morgan fingerprint density at radius 2 is 1.84 bits per heavy atom. The average molecular weight is 507 g/mol. The van der Waals surface area contributed by atoms with Crippen molar-refractivity contribution >= 4 is 49.5 Å². The fourth-order valence-electron chi connectivity index (χ4n) is 7.78. The number of ether oxygens (including phenoxy) is 2. The molecule has 0 saturated carbocycles. The van der Waals surface area contributed by atoms with Crippen LogP contribution < -0.4 is 5.32 Å². The summed E-state index contributed by atoms with van der Waals surface area (Å²) < 4.78 is 18.3. The molecule has 0 unspecified atom stereocenters. The predicted molar refractivity (Wildman–Crippen MR) is 149 cm³/mol. The summed E-state index contributed by atoms with van der Waals surface area (Å²) in [6, 6.07) is 17.0. The zero-order valence-electron chi connectivity index (χ0n) is 21.8. The van der Waals surface area contributed by atoms with Crippen LogP contribution in [0.1, 0.15) is 35.5 Å². The number of methoxy groups -OCH3 is 1. The van der Waals surface area contributed by atoms with E-state index >= 15 is 0 Å². The number of fused-ring (bicyclic) bond motifs is 13. The van der Waals surface area contributed by atoms with Gasteiger partial charge in [-0.1, -0.05) is 42.5 Å². The molecule has 192 valence electrons. The van der Waals surface area contributed by atoms with Crippen molar-refractivity contribution in [3.05, 3.63) is 72.3 Å². The molecule has 1 fully saturated rings. The van der Waals surface area contributed by atoms with Gasteiger partial charge in [0, 0.05) is 54.2 Å². The van der Waals surface area contributed by atoms with Crippen molar-refractivity contribution in [1.29, 1.82) is 0 Å². The normalized spacial score (nSPS) is 26.1. The molecule has 5 aromatic rings. The molecular formula is C31H30N4O3. The number of benzene rings is 3. The summed E-state index contributed by atoms with van der Waals surface area (Å²) in [7, 11) is 3.93. The molecule has 0 radical (unpaired) electrons. The second kappa shape index (κ2) is 7.47. The van der Waals surface area contributed by atoms with Crippen LogP contribution in [0.2, 0.25) is 0 Å². The lowest BCUT2D eigenvalue weighted by Gasteiger charge is -2.50. The molecule has 0 aliphatic carbocycles. The molecule has 1 saturated heterocycles. The highest BCUT2D eigenvalue weighted by atomic mass is 16.6. The Morgan fingerprint density at radius 1 is 1.13 bits per heavy atom. The molecule has 1 N–H and O–H groups in total. The molecule has 3 aromatic carbocycles. The van der Waals surface area contributed by atoms with E-state index in [0.717, 1.165) is 67.7 Å². The Morgan fingerprint density at radius 3 is 2.58 bits per heavy atom. The molecule has 5 heterocycles. The van der Waals surface area contributed by atoms with E-state index in [0.29, 0.717) is 6.54 Å². The predicted octanol–water partition coefficient (Wildman–Crippen LogP) is 5.25. The van der Waals surface area contributed by atoms with Gasteiger partial charge in [0.1, 0.15) is 12.3 Å². The number of aromatic nitrogens is 2. The van der Waals surface area contributed by atoms with Crippen molar-refractivity contribution in [3.63, 3.8) is 0 Å². The maximum absolute atomic E-state index is 13.4. The number of carbonyl (C=O) groups excluding carboxylic acids is 1. The molecule has 4 atom stereocenters. The van der Waals surface area contributed by atoms with Gasteiger partial charge in [-0.15, -0.1) is 6.58 Å². The van der Waals surface area contributed by atoms with Crippen LogP contribution in [-0.2, 0) is 21.7 Å². The quantitative estimate of drug-likeness (QED) is 0.338. The van der Waals surface area contributed by atoms with Crippen LogP contribution in [0.15, 0.2) is 61.2 Å². The SMILES string of the molecule is C=CCN(C)[C@@H]1C[C@H]2O[C@@](C)([C@@H]1OC)n1c3ccccc3c3c4c(c5c6ccccc6n2c5c31)C(=O)NC4. The summed E-state index contributed by atoms with van der Waals surface area (Å²) in [4.78, 5) is 15.8. The summed E-state index contributed by atoms with van der Waals surface area (Å²) in [6.07, 6.45) is 2.22. The number of amides is 1. The molecule has 7 nitrogen and oxygen atoms in total. The van der Waals surface area contributed by atoms with E-state index in [2.05, 4.69) is 88.4 Å². The van der Waals surface area contributed by atoms with Crippen molar-refractivity contribution in [3.8, 4) is 0 Å². The second-order valence-electron chi connectivity index (χ2n) is 11.0. The molecule has 2 aromatic heterocycles. The number of hydrogen-bond acceptors (Lipinski definition) is 4. The van der Waals surface area contributed by atoms with Crippen molar-refractivity contribution in [2.75, 3.05) is 20.7 Å². The number of hydrogen-bond donors (Lipinski definition) is 1. The molecule has 0 spiro atoms. The molecule has 38 heavy (non-hydrogen) atoms. The maximum atomic E-state index is 13.4. The molecule has 3 aliphatic rings. The first kappa shape index (κ1) is 22.3. The van der Waals surface area contributed by atoms with Crippen molar-refractivity contribution in [2.24, 2.45) is 0 Å². The van der Waals surface area contributed by atoms with Gasteiger partial charge in [0.15, 0.2) is 5.72 Å². The van der Waals surface area contributed by atoms with Gasteiger partial charge in [0.25, 0.3) is 5.91 Å². The van der Waals surface area contributed by atoms with Gasteiger partial charge < -0.3 is 23.9 Å². The monoisotopic (exact) mass is 506 g/mol. The van der Waals surface area contributed by atoms with Gasteiger partial charge in [-0.3, -0.25) is 9.69 Å². The largest absolute Gasteiger partial charge is 0.375 e. The number of carbonyl (C=O) groups is 1. The highest BCUT2D eigenvalue weighted by molar-refractivity contribution is 6.31. The zero-order chi connectivity index (χ0) is 25.9. The smallest absolute Gasteiger partial charge is 0.252 e. The van der Waals surface area contributed by atoms with Crippen LogP contribution in [0.4, 0.5) is 0 Å². The minimum absolute atomic E-state index is 0.000607. The van der Waals surface area contributed by atoms with Crippen LogP contribution in [0.25, 0.3) is 43.6 Å². The van der Waals surface area contributed by atoms with E-state index < -0.39 is 5.72 Å². The summed E-state index contributed by atoms with van der Waals surface area (Å²) >= 11 is 0. The van der Waals surface area contributed by atoms with Crippen LogP contribution in [0.3, 0.4) is 0 Å². The Hall–Kier alpha value is -3.65. The highest BCUT2D eigenvalue weighted by Crippen LogP contribution is 2.54. The standard InChI is InChI=1S/C31H30N4O3/c1-5-14-33(3)22-15-23-34-20-12-8-6-10-17(20)25-26-19(16-32-30(26)36)24-18-11-7-9-13-21(18)35(28(24)27(25)34)31(2,38-23)29(22)37-4/h5-13,22-23,29H,1,14-16H2,2-4H3,(H,32,36)/t22-,23-,29-,31+/m1/s1. The second-order valence-corrected chi connectivity index (χ2v) is 11.0. The number of nitrogens with zero attached hydrogens (tertiary/aromatic N) is 3. The third-order valence-electron chi connectivity index (χ3n) is 9.18. The molecule has 1 amide bonds. The van der Waals surface area contributed by atoms with E-state index in [1.165, 1.54) is 0 Å². The number of likely N-dealkylation sites (N-methyl/N-ethyl adjacent to an activating group) is 1. The molecule has 3 aliphatic heterocycles. The lowest BCUT2D eigenvalue weighted by atomic mass is 9.91. The minimum atomic E-state index is -0.795. The van der Waals surface area contributed by atoms with Crippen LogP contribution in [-0.4, -0.2) is 52.8 Å². The van der Waals surface area contributed by atoms with Crippen molar-refractivity contribution in [1.82, 2.24) is 19.4 Å². The van der Waals surface area contributed by atoms with E-state index in [1.54, 1.807) is 7.11 Å². The molecular weight excluding hydrogens is 476 g/mol. The van der Waals surface area contributed by atoms with E-state index in [-0.39, 0.29) is 24.3 Å². The van der Waals surface area contributed by atoms with Gasteiger partial charge in [-0.25, -0.2) is 0 Å². The van der Waals surface area contributed by atoms with Crippen molar-refractivity contribution in [2.45, 2.75) is 44.0 Å². The Labute approximate surface area is 220 Å². The molecule has 8 rings (SSSR count). The van der Waals surface area contributed by atoms with E-state index in [4.69, 9.17) is 9.47 Å². The maximum Gasteiger partial charge on any atom is 0.252 e. The Kier molecular flexibility index (Phi) is 4.39. The van der Waals surface area contributed by atoms with Crippen LogP contribution >= 0.6 is 0 Å². The first-order chi connectivity index (χ1) is 18.5. The van der Waals surface area contributed by atoms with E-state index in [1.807, 2.05) is 6.08 Å². The topological polar surface area (TPSA) is 60.7 Å². The first-order valence-corrected chi connectivity index (χ1v) is 13.3. The van der Waals surface area contributed by atoms with Gasteiger partial charge in [0.2, 0.25) is 0 Å². The summed E-state index contributed by atoms with van der Waals surface area (Å²) in [5, 5.41) is 7.52. The van der Waals surface area contributed by atoms with Crippen LogP contribution in [0.5, 0.6) is 0 Å². The van der Waals surface area contributed by atoms with Gasteiger partial charge in [-0.05, 0) is 31.7 Å². The van der Waals surface area contributed by atoms with E-state index in [9.17, 15) is 4.79 Å².